The van der Waals surface area contributed by atoms with Crippen LogP contribution in [0.4, 0.5) is 14.5 Å². The predicted octanol–water partition coefficient (Wildman–Crippen LogP) is 2.11. The van der Waals surface area contributed by atoms with Crippen molar-refractivity contribution in [1.29, 1.82) is 0 Å². The lowest BCUT2D eigenvalue weighted by atomic mass is 9.92. The molecule has 1 unspecified atom stereocenters. The van der Waals surface area contributed by atoms with Gasteiger partial charge >= 0.3 is 0 Å². The Morgan fingerprint density at radius 1 is 1.21 bits per heavy atom. The molecule has 0 bridgehead atoms. The van der Waals surface area contributed by atoms with Crippen LogP contribution in [0.25, 0.3) is 0 Å². The van der Waals surface area contributed by atoms with Gasteiger partial charge in [0.1, 0.15) is 17.4 Å². The molecule has 0 saturated carbocycles. The van der Waals surface area contributed by atoms with Gasteiger partial charge in [-0.05, 0) is 36.8 Å². The van der Waals surface area contributed by atoms with Crippen molar-refractivity contribution < 1.29 is 23.8 Å². The van der Waals surface area contributed by atoms with Crippen LogP contribution in [0.5, 0.6) is 5.75 Å². The molecule has 0 radical (unpaired) electrons. The van der Waals surface area contributed by atoms with Crippen molar-refractivity contribution in [2.75, 3.05) is 18.5 Å². The number of nitrogens with one attached hydrogen (secondary N) is 2. The number of carbonyl (C=O) groups excluding carboxylic acids is 1. The molecular formula is C17H18F2N2O3. The molecule has 1 amide bonds. The Kier molecular flexibility index (Phi) is 5.48. The molecule has 24 heavy (non-hydrogen) atoms. The van der Waals surface area contributed by atoms with Gasteiger partial charge in [0.2, 0.25) is 5.91 Å². The predicted molar refractivity (Wildman–Crippen MR) is 85.5 cm³/mol. The van der Waals surface area contributed by atoms with Crippen molar-refractivity contribution in [3.05, 3.63) is 59.7 Å². The highest BCUT2D eigenvalue weighted by molar-refractivity contribution is 5.92. The summed E-state index contributed by atoms with van der Waals surface area (Å²) in [5.74, 6) is -1.98. The summed E-state index contributed by atoms with van der Waals surface area (Å²) in [6.45, 7) is 1.07. The fourth-order valence-electron chi connectivity index (χ4n) is 2.16. The van der Waals surface area contributed by atoms with Gasteiger partial charge in [-0.1, -0.05) is 12.1 Å². The summed E-state index contributed by atoms with van der Waals surface area (Å²) < 4.78 is 26.6. The smallest absolute Gasteiger partial charge is 0.238 e. The molecule has 5 nitrogen and oxygen atoms in total. The lowest BCUT2D eigenvalue weighted by molar-refractivity contribution is -0.115. The molecule has 0 aliphatic carbocycles. The fourth-order valence-corrected chi connectivity index (χ4v) is 2.16. The summed E-state index contributed by atoms with van der Waals surface area (Å²) in [5, 5.41) is 24.3. The van der Waals surface area contributed by atoms with Gasteiger partial charge in [-0.15, -0.1) is 0 Å². The van der Waals surface area contributed by atoms with E-state index in [1.54, 1.807) is 19.1 Å². The number of phenols is 1. The Balaban J connectivity index is 2.05. The molecule has 0 aliphatic heterocycles. The molecule has 0 aromatic heterocycles. The van der Waals surface area contributed by atoms with Crippen molar-refractivity contribution in [3.63, 3.8) is 0 Å². The number of benzene rings is 2. The zero-order valence-corrected chi connectivity index (χ0v) is 13.0. The number of aliphatic hydroxyl groups excluding tert-OH is 1. The molecule has 1 atom stereocenters. The maximum Gasteiger partial charge on any atom is 0.238 e. The van der Waals surface area contributed by atoms with Crippen LogP contribution in [0, 0.1) is 11.6 Å². The maximum atomic E-state index is 13.5. The molecule has 128 valence electrons. The molecule has 7 heteroatoms. The van der Waals surface area contributed by atoms with Crippen LogP contribution in [0.2, 0.25) is 0 Å². The number of halogens is 2. The van der Waals surface area contributed by atoms with Crippen molar-refractivity contribution in [2.24, 2.45) is 0 Å². The second-order valence-electron chi connectivity index (χ2n) is 5.57. The Morgan fingerprint density at radius 2 is 1.96 bits per heavy atom. The van der Waals surface area contributed by atoms with Crippen molar-refractivity contribution in [2.45, 2.75) is 12.5 Å². The van der Waals surface area contributed by atoms with Gasteiger partial charge in [0, 0.05) is 6.07 Å². The Morgan fingerprint density at radius 3 is 2.62 bits per heavy atom. The highest BCUT2D eigenvalue weighted by atomic mass is 19.1. The minimum absolute atomic E-state index is 0.0280. The van der Waals surface area contributed by atoms with Crippen LogP contribution < -0.4 is 10.6 Å². The number of aliphatic hydroxyl groups is 1. The lowest BCUT2D eigenvalue weighted by Gasteiger charge is -2.29. The van der Waals surface area contributed by atoms with E-state index in [1.165, 1.54) is 12.1 Å². The average Bonchev–Trinajstić information content (AvgIpc) is 2.56. The SMILES string of the molecule is CC(CO)(NCC(=O)Nc1cc(F)ccc1F)c1cccc(O)c1. The lowest BCUT2D eigenvalue weighted by Crippen LogP contribution is -2.46. The summed E-state index contributed by atoms with van der Waals surface area (Å²) in [4.78, 5) is 11.9. The Labute approximate surface area is 137 Å². The van der Waals surface area contributed by atoms with Crippen LogP contribution in [0.15, 0.2) is 42.5 Å². The monoisotopic (exact) mass is 336 g/mol. The second-order valence-corrected chi connectivity index (χ2v) is 5.57. The number of rotatable bonds is 6. The zero-order valence-electron chi connectivity index (χ0n) is 13.0. The molecule has 0 saturated heterocycles. The van der Waals surface area contributed by atoms with Gasteiger partial charge in [0.15, 0.2) is 0 Å². The largest absolute Gasteiger partial charge is 0.508 e. The van der Waals surface area contributed by atoms with E-state index in [2.05, 4.69) is 10.6 Å². The van der Waals surface area contributed by atoms with Crippen LogP contribution >= 0.6 is 0 Å². The van der Waals surface area contributed by atoms with E-state index in [9.17, 15) is 23.8 Å². The molecule has 0 heterocycles. The first-order chi connectivity index (χ1) is 11.3. The van der Waals surface area contributed by atoms with Crippen molar-refractivity contribution >= 4 is 11.6 Å². The summed E-state index contributed by atoms with van der Waals surface area (Å²) in [6, 6.07) is 9.01. The van der Waals surface area contributed by atoms with Crippen LogP contribution in [0.1, 0.15) is 12.5 Å². The number of hydrogen-bond acceptors (Lipinski definition) is 4. The Bertz CT molecular complexity index is 740. The van der Waals surface area contributed by atoms with E-state index in [-0.39, 0.29) is 24.6 Å². The van der Waals surface area contributed by atoms with Crippen LogP contribution in [0.3, 0.4) is 0 Å². The number of hydrogen-bond donors (Lipinski definition) is 4. The van der Waals surface area contributed by atoms with Gasteiger partial charge in [0.05, 0.1) is 24.4 Å². The highest BCUT2D eigenvalue weighted by Crippen LogP contribution is 2.23. The van der Waals surface area contributed by atoms with E-state index in [4.69, 9.17) is 0 Å². The van der Waals surface area contributed by atoms with Gasteiger partial charge in [-0.2, -0.15) is 0 Å². The van der Waals surface area contributed by atoms with E-state index in [0.29, 0.717) is 5.56 Å². The maximum absolute atomic E-state index is 13.5. The van der Waals surface area contributed by atoms with E-state index >= 15 is 0 Å². The van der Waals surface area contributed by atoms with E-state index in [1.807, 2.05) is 0 Å². The van der Waals surface area contributed by atoms with Gasteiger partial charge < -0.3 is 15.5 Å². The molecule has 0 fully saturated rings. The van der Waals surface area contributed by atoms with E-state index in [0.717, 1.165) is 18.2 Å². The topological polar surface area (TPSA) is 81.6 Å². The van der Waals surface area contributed by atoms with Gasteiger partial charge in [-0.3, -0.25) is 10.1 Å². The summed E-state index contributed by atoms with van der Waals surface area (Å²) >= 11 is 0. The molecule has 4 N–H and O–H groups in total. The van der Waals surface area contributed by atoms with Crippen LogP contribution in [-0.4, -0.2) is 29.3 Å². The molecular weight excluding hydrogens is 318 g/mol. The first-order valence-corrected chi connectivity index (χ1v) is 7.24. The standard InChI is InChI=1S/C17H18F2N2O3/c1-17(10-22,11-3-2-4-13(23)7-11)20-9-16(24)21-15-8-12(18)5-6-14(15)19/h2-8,20,22-23H,9-10H2,1H3,(H,21,24). The number of amides is 1. The number of phenolic OH excluding ortho intramolecular Hbond substituents is 1. The number of carbonyl (C=O) groups is 1. The normalized spacial score (nSPS) is 13.3. The quantitative estimate of drug-likeness (QED) is 0.651. The number of aromatic hydroxyl groups is 1. The fraction of sp³-hybridized carbons (Fsp3) is 0.235. The summed E-state index contributed by atoms with van der Waals surface area (Å²) in [5.41, 5.74) is -0.670. The third-order valence-corrected chi connectivity index (χ3v) is 3.64. The third-order valence-electron chi connectivity index (χ3n) is 3.64. The molecule has 2 aromatic rings. The molecule has 2 aromatic carbocycles. The molecule has 0 spiro atoms. The molecule has 2 rings (SSSR count). The molecule has 0 aliphatic rings. The zero-order chi connectivity index (χ0) is 17.7. The van der Waals surface area contributed by atoms with Gasteiger partial charge in [-0.25, -0.2) is 8.78 Å². The number of anilines is 1. The second kappa shape index (κ2) is 7.37. The van der Waals surface area contributed by atoms with Crippen LogP contribution in [-0.2, 0) is 10.3 Å². The highest BCUT2D eigenvalue weighted by Gasteiger charge is 2.26. The third kappa shape index (κ3) is 4.27. The van der Waals surface area contributed by atoms with E-state index < -0.39 is 23.1 Å². The minimum atomic E-state index is -0.990. The first-order valence-electron chi connectivity index (χ1n) is 7.24. The first kappa shape index (κ1) is 17.8. The summed E-state index contributed by atoms with van der Waals surface area (Å²) in [7, 11) is 0. The summed E-state index contributed by atoms with van der Waals surface area (Å²) in [6.07, 6.45) is 0. The van der Waals surface area contributed by atoms with Crippen molar-refractivity contribution in [1.82, 2.24) is 5.32 Å². The van der Waals surface area contributed by atoms with Crippen molar-refractivity contribution in [3.8, 4) is 5.75 Å². The Hall–Kier alpha value is -2.51. The minimum Gasteiger partial charge on any atom is -0.508 e. The average molecular weight is 336 g/mol. The van der Waals surface area contributed by atoms with Gasteiger partial charge in [0.25, 0.3) is 0 Å².